The molecule has 3 heterocycles. The summed E-state index contributed by atoms with van der Waals surface area (Å²) in [5, 5.41) is 0. The Balaban J connectivity index is 1.63. The number of ether oxygens (including phenoxy) is 2. The van der Waals surface area contributed by atoms with Crippen molar-refractivity contribution in [2.75, 3.05) is 0 Å². The molecule has 0 aliphatic carbocycles. The zero-order valence-electron chi connectivity index (χ0n) is 16.6. The average Bonchev–Trinajstić information content (AvgIpc) is 2.83. The van der Waals surface area contributed by atoms with Crippen LogP contribution < -0.4 is 9.47 Å². The predicted octanol–water partition coefficient (Wildman–Crippen LogP) is 5.29. The Morgan fingerprint density at radius 1 is 0.581 bits per heavy atom. The zero-order chi connectivity index (χ0) is 20.4. The number of benzene rings is 4. The second kappa shape index (κ2) is 5.92. The van der Waals surface area contributed by atoms with Crippen molar-refractivity contribution < 1.29 is 18.6 Å². The van der Waals surface area contributed by atoms with Crippen LogP contribution in [0.25, 0.3) is 11.1 Å². The molecule has 0 saturated carbocycles. The van der Waals surface area contributed by atoms with Gasteiger partial charge in [0.1, 0.15) is 0 Å². The Bertz CT molecular complexity index is 1440. The van der Waals surface area contributed by atoms with E-state index in [1.807, 2.05) is 36.4 Å². The van der Waals surface area contributed by atoms with Gasteiger partial charge in [0, 0.05) is 29.8 Å². The summed E-state index contributed by atoms with van der Waals surface area (Å²) in [7, 11) is 0. The van der Waals surface area contributed by atoms with E-state index in [9.17, 15) is 0 Å². The zero-order valence-corrected chi connectivity index (χ0v) is 16.6. The van der Waals surface area contributed by atoms with Gasteiger partial charge in [-0.1, -0.05) is 63.7 Å². The van der Waals surface area contributed by atoms with E-state index in [1.54, 1.807) is 0 Å². The Kier molecular flexibility index (Phi) is 3.17. The van der Waals surface area contributed by atoms with E-state index < -0.39 is 6.03 Å². The number of hydrogen-bond acceptors (Lipinski definition) is 2. The fourth-order valence-electron chi connectivity index (χ4n) is 4.62. The molecule has 0 fully saturated rings. The van der Waals surface area contributed by atoms with E-state index in [2.05, 4.69) is 82.2 Å². The van der Waals surface area contributed by atoms with Crippen molar-refractivity contribution in [1.29, 1.82) is 0 Å². The van der Waals surface area contributed by atoms with Crippen LogP contribution in [0.15, 0.2) is 97.1 Å². The van der Waals surface area contributed by atoms with E-state index >= 15 is 0 Å². The van der Waals surface area contributed by atoms with Gasteiger partial charge in [-0.3, -0.25) is 0 Å². The first-order chi connectivity index (χ1) is 15.3. The van der Waals surface area contributed by atoms with E-state index in [1.165, 1.54) is 0 Å². The smallest absolute Gasteiger partial charge is 0.340 e. The van der Waals surface area contributed by atoms with Crippen molar-refractivity contribution in [2.45, 2.75) is 6.03 Å². The van der Waals surface area contributed by atoms with Gasteiger partial charge in [-0.25, -0.2) is 0 Å². The topological polar surface area (TPSA) is 24.5 Å². The van der Waals surface area contributed by atoms with Crippen molar-refractivity contribution in [2.24, 2.45) is 0 Å². The summed E-state index contributed by atoms with van der Waals surface area (Å²) in [6.07, 6.45) is 4.24. The molecule has 31 heavy (non-hydrogen) atoms. The summed E-state index contributed by atoms with van der Waals surface area (Å²) in [5.74, 6) is 1.61. The quantitative estimate of drug-likeness (QED) is 0.404. The Morgan fingerprint density at radius 3 is 2.23 bits per heavy atom. The third-order valence-electron chi connectivity index (χ3n) is 6.06. The summed E-state index contributed by atoms with van der Waals surface area (Å²) < 4.78 is 17.8. The second-order valence-corrected chi connectivity index (χ2v) is 7.90. The standard InChI is InChI=1S/C27H18N2O2/c1-2-11-22(12-3-1)28-18-21-10-7-14-24-19-9-6-13-23(16-19)29-17-20-8-4-5-15-25(20)30-27(28,29)31-26(21)24/h1-18H/q+2/t27-/m1/s1. The van der Waals surface area contributed by atoms with Gasteiger partial charge in [0.25, 0.3) is 0 Å². The fourth-order valence-corrected chi connectivity index (χ4v) is 4.62. The van der Waals surface area contributed by atoms with Crippen molar-refractivity contribution in [1.82, 2.24) is 0 Å². The summed E-state index contributed by atoms with van der Waals surface area (Å²) >= 11 is 0. The molecule has 0 saturated heterocycles. The van der Waals surface area contributed by atoms with Crippen LogP contribution in [0.5, 0.6) is 11.5 Å². The minimum Gasteiger partial charge on any atom is -0.340 e. The molecule has 4 aromatic rings. The minimum absolute atomic E-state index is 0.783. The molecule has 1 atom stereocenters. The van der Waals surface area contributed by atoms with Gasteiger partial charge >= 0.3 is 6.03 Å². The lowest BCUT2D eigenvalue weighted by Crippen LogP contribution is -2.62. The number of fused-ring (bicyclic) bond motifs is 5. The Labute approximate surface area is 179 Å². The molecule has 3 aliphatic heterocycles. The van der Waals surface area contributed by atoms with Crippen LogP contribution in [0.2, 0.25) is 0 Å². The lowest BCUT2D eigenvalue weighted by molar-refractivity contribution is -0.855. The van der Waals surface area contributed by atoms with Gasteiger partial charge in [0.05, 0.1) is 11.1 Å². The SMILES string of the molecule is C1=[N+](c2ccccc2)[C@]23Oc4ccccc4C=[N+]2c2cccc(c2)-c2cccc1c2O3. The van der Waals surface area contributed by atoms with Crippen LogP contribution in [-0.2, 0) is 0 Å². The number of para-hydroxylation sites is 3. The summed E-state index contributed by atoms with van der Waals surface area (Å²) in [6.45, 7) is 0. The van der Waals surface area contributed by atoms with Crippen molar-refractivity contribution in [3.8, 4) is 22.6 Å². The van der Waals surface area contributed by atoms with Crippen LogP contribution in [0, 0.1) is 0 Å². The molecule has 0 amide bonds. The van der Waals surface area contributed by atoms with Crippen molar-refractivity contribution >= 4 is 23.8 Å². The summed E-state index contributed by atoms with van der Waals surface area (Å²) in [6, 6.07) is 31.8. The molecule has 0 aromatic heterocycles. The molecule has 0 N–H and O–H groups in total. The summed E-state index contributed by atoms with van der Waals surface area (Å²) in [4.78, 5) is 0. The Hall–Kier alpha value is -4.18. The van der Waals surface area contributed by atoms with Crippen LogP contribution in [-0.4, -0.2) is 27.6 Å². The van der Waals surface area contributed by atoms with Gasteiger partial charge in [-0.05, 0) is 23.8 Å². The highest BCUT2D eigenvalue weighted by Crippen LogP contribution is 2.46. The van der Waals surface area contributed by atoms with E-state index in [0.29, 0.717) is 0 Å². The first kappa shape index (κ1) is 16.6. The molecule has 4 aromatic carbocycles. The Morgan fingerprint density at radius 2 is 1.29 bits per heavy atom. The van der Waals surface area contributed by atoms with Crippen LogP contribution in [0.4, 0.5) is 11.4 Å². The first-order valence-corrected chi connectivity index (χ1v) is 10.4. The molecule has 4 heteroatoms. The molecule has 4 bridgehead atoms. The monoisotopic (exact) mass is 402 g/mol. The molecular formula is C27H18N2O2+2. The molecule has 7 rings (SSSR count). The maximum absolute atomic E-state index is 6.86. The lowest BCUT2D eigenvalue weighted by Gasteiger charge is -2.32. The summed E-state index contributed by atoms with van der Waals surface area (Å²) in [5.41, 5.74) is 6.19. The molecule has 0 radical (unpaired) electrons. The molecule has 1 spiro atoms. The number of hydrogen-bond donors (Lipinski definition) is 0. The number of nitrogens with zero attached hydrogens (tertiary/aromatic N) is 2. The van der Waals surface area contributed by atoms with Gasteiger partial charge in [0.2, 0.25) is 11.4 Å². The maximum atomic E-state index is 6.86. The van der Waals surface area contributed by atoms with Crippen LogP contribution in [0.3, 0.4) is 0 Å². The highest BCUT2D eigenvalue weighted by molar-refractivity contribution is 5.89. The highest BCUT2D eigenvalue weighted by Gasteiger charge is 2.66. The van der Waals surface area contributed by atoms with Crippen molar-refractivity contribution in [3.63, 3.8) is 0 Å². The number of rotatable bonds is 1. The van der Waals surface area contributed by atoms with Gasteiger partial charge in [-0.2, -0.15) is 0 Å². The lowest BCUT2D eigenvalue weighted by atomic mass is 9.99. The van der Waals surface area contributed by atoms with Crippen LogP contribution >= 0.6 is 0 Å². The van der Waals surface area contributed by atoms with E-state index in [-0.39, 0.29) is 0 Å². The second-order valence-electron chi connectivity index (χ2n) is 7.90. The van der Waals surface area contributed by atoms with Gasteiger partial charge in [-0.15, -0.1) is 0 Å². The average molecular weight is 402 g/mol. The third kappa shape index (κ3) is 2.24. The normalized spacial score (nSPS) is 19.4. The molecule has 0 unspecified atom stereocenters. The minimum atomic E-state index is -1.22. The molecule has 4 nitrogen and oxygen atoms in total. The molecular weight excluding hydrogens is 384 g/mol. The van der Waals surface area contributed by atoms with E-state index in [4.69, 9.17) is 9.47 Å². The fraction of sp³-hybridized carbons (Fsp3) is 0.0370. The first-order valence-electron chi connectivity index (χ1n) is 10.4. The van der Waals surface area contributed by atoms with Crippen molar-refractivity contribution in [3.05, 3.63) is 108 Å². The van der Waals surface area contributed by atoms with Crippen LogP contribution in [0.1, 0.15) is 11.1 Å². The highest BCUT2D eigenvalue weighted by atomic mass is 16.7. The van der Waals surface area contributed by atoms with E-state index in [0.717, 1.165) is 45.1 Å². The molecule has 146 valence electrons. The van der Waals surface area contributed by atoms with Gasteiger partial charge < -0.3 is 9.47 Å². The molecule has 3 aliphatic rings. The third-order valence-corrected chi connectivity index (χ3v) is 6.06. The van der Waals surface area contributed by atoms with Gasteiger partial charge in [0.15, 0.2) is 23.9 Å². The predicted molar refractivity (Wildman–Crippen MR) is 119 cm³/mol. The largest absolute Gasteiger partial charge is 0.714 e. The maximum Gasteiger partial charge on any atom is 0.714 e.